The van der Waals surface area contributed by atoms with Crippen molar-refractivity contribution in [3.05, 3.63) is 29.3 Å². The van der Waals surface area contributed by atoms with Crippen LogP contribution in [-0.4, -0.2) is 5.11 Å². The average molecular weight is 173 g/mol. The van der Waals surface area contributed by atoms with Crippen molar-refractivity contribution < 1.29 is 13.9 Å². The van der Waals surface area contributed by atoms with Crippen molar-refractivity contribution in [3.63, 3.8) is 0 Å². The number of hydrogen-bond donors (Lipinski definition) is 2. The van der Waals surface area contributed by atoms with Gasteiger partial charge in [0.05, 0.1) is 5.56 Å². The van der Waals surface area contributed by atoms with E-state index < -0.39 is 12.2 Å². The standard InChI is InChI=1S/C8H9F2NO/c9-8(10)6-3-1-2-5(4-11)7(6)12/h1-3,8,12H,4,11H2. The lowest BCUT2D eigenvalue weighted by Crippen LogP contribution is -1.98. The van der Waals surface area contributed by atoms with Crippen LogP contribution in [0.3, 0.4) is 0 Å². The molecule has 1 aromatic carbocycles. The number of alkyl halides is 2. The number of rotatable bonds is 2. The molecule has 0 unspecified atom stereocenters. The van der Waals surface area contributed by atoms with Gasteiger partial charge in [-0.05, 0) is 6.07 Å². The van der Waals surface area contributed by atoms with Crippen LogP contribution in [0.25, 0.3) is 0 Å². The van der Waals surface area contributed by atoms with E-state index in [0.29, 0.717) is 5.56 Å². The fourth-order valence-electron chi connectivity index (χ4n) is 0.952. The summed E-state index contributed by atoms with van der Waals surface area (Å²) in [5.41, 5.74) is 5.19. The maximum absolute atomic E-state index is 12.1. The van der Waals surface area contributed by atoms with Crippen molar-refractivity contribution >= 4 is 0 Å². The first-order chi connectivity index (χ1) is 5.66. The van der Waals surface area contributed by atoms with E-state index in [4.69, 9.17) is 5.73 Å². The molecule has 0 saturated carbocycles. The quantitative estimate of drug-likeness (QED) is 0.716. The third kappa shape index (κ3) is 1.53. The van der Waals surface area contributed by atoms with Gasteiger partial charge in [-0.2, -0.15) is 0 Å². The number of benzene rings is 1. The highest BCUT2D eigenvalue weighted by Crippen LogP contribution is 2.30. The molecular formula is C8H9F2NO. The lowest BCUT2D eigenvalue weighted by atomic mass is 10.1. The van der Waals surface area contributed by atoms with Gasteiger partial charge in [-0.25, -0.2) is 8.78 Å². The van der Waals surface area contributed by atoms with Crippen molar-refractivity contribution in [1.29, 1.82) is 0 Å². The molecule has 2 nitrogen and oxygen atoms in total. The van der Waals surface area contributed by atoms with Gasteiger partial charge in [-0.15, -0.1) is 0 Å². The lowest BCUT2D eigenvalue weighted by molar-refractivity contribution is 0.147. The van der Waals surface area contributed by atoms with E-state index in [2.05, 4.69) is 0 Å². The fraction of sp³-hybridized carbons (Fsp3) is 0.250. The van der Waals surface area contributed by atoms with Crippen LogP contribution in [0, 0.1) is 0 Å². The number of para-hydroxylation sites is 1. The number of nitrogens with two attached hydrogens (primary N) is 1. The number of halogens is 2. The Kier molecular flexibility index (Phi) is 2.60. The zero-order valence-electron chi connectivity index (χ0n) is 6.30. The Morgan fingerprint density at radius 1 is 1.42 bits per heavy atom. The van der Waals surface area contributed by atoms with Gasteiger partial charge < -0.3 is 10.8 Å². The second-order valence-corrected chi connectivity index (χ2v) is 2.36. The van der Waals surface area contributed by atoms with Crippen molar-refractivity contribution in [2.24, 2.45) is 5.73 Å². The Balaban J connectivity index is 3.14. The third-order valence-corrected chi connectivity index (χ3v) is 1.61. The van der Waals surface area contributed by atoms with Gasteiger partial charge in [-0.1, -0.05) is 12.1 Å². The molecule has 0 aliphatic carbocycles. The minimum Gasteiger partial charge on any atom is -0.507 e. The maximum Gasteiger partial charge on any atom is 0.267 e. The van der Waals surface area contributed by atoms with Crippen molar-refractivity contribution in [3.8, 4) is 5.75 Å². The van der Waals surface area contributed by atoms with Crippen LogP contribution in [0.1, 0.15) is 17.6 Å². The van der Waals surface area contributed by atoms with Crippen LogP contribution in [-0.2, 0) is 6.54 Å². The number of aromatic hydroxyl groups is 1. The molecule has 4 heteroatoms. The summed E-state index contributed by atoms with van der Waals surface area (Å²) in [7, 11) is 0. The van der Waals surface area contributed by atoms with Crippen LogP contribution in [0.5, 0.6) is 5.75 Å². The molecule has 0 heterocycles. The SMILES string of the molecule is NCc1cccc(C(F)F)c1O. The van der Waals surface area contributed by atoms with E-state index >= 15 is 0 Å². The molecule has 0 fully saturated rings. The van der Waals surface area contributed by atoms with Crippen molar-refractivity contribution in [2.45, 2.75) is 13.0 Å². The first-order valence-electron chi connectivity index (χ1n) is 3.45. The lowest BCUT2D eigenvalue weighted by Gasteiger charge is -2.06. The Morgan fingerprint density at radius 2 is 2.08 bits per heavy atom. The third-order valence-electron chi connectivity index (χ3n) is 1.61. The Bertz CT molecular complexity index is 276. The second-order valence-electron chi connectivity index (χ2n) is 2.36. The highest BCUT2D eigenvalue weighted by atomic mass is 19.3. The molecule has 1 rings (SSSR count). The van der Waals surface area contributed by atoms with E-state index in [-0.39, 0.29) is 12.1 Å². The molecule has 0 aromatic heterocycles. The van der Waals surface area contributed by atoms with Gasteiger partial charge in [0.25, 0.3) is 6.43 Å². The van der Waals surface area contributed by atoms with Crippen LogP contribution in [0.4, 0.5) is 8.78 Å². The molecule has 0 atom stereocenters. The number of hydrogen-bond acceptors (Lipinski definition) is 2. The van der Waals surface area contributed by atoms with Gasteiger partial charge in [0, 0.05) is 12.1 Å². The van der Waals surface area contributed by atoms with Gasteiger partial charge in [-0.3, -0.25) is 0 Å². The van der Waals surface area contributed by atoms with Gasteiger partial charge in [0.15, 0.2) is 0 Å². The second kappa shape index (κ2) is 3.49. The minimum absolute atomic E-state index is 0.0619. The van der Waals surface area contributed by atoms with Crippen LogP contribution in [0.15, 0.2) is 18.2 Å². The fourth-order valence-corrected chi connectivity index (χ4v) is 0.952. The first kappa shape index (κ1) is 8.93. The zero-order chi connectivity index (χ0) is 9.14. The molecule has 12 heavy (non-hydrogen) atoms. The molecule has 0 radical (unpaired) electrons. The molecule has 0 aliphatic heterocycles. The molecule has 0 spiro atoms. The molecule has 0 bridgehead atoms. The molecule has 0 saturated heterocycles. The van der Waals surface area contributed by atoms with E-state index in [1.807, 2.05) is 0 Å². The summed E-state index contributed by atoms with van der Waals surface area (Å²) in [5, 5.41) is 9.20. The van der Waals surface area contributed by atoms with Gasteiger partial charge in [0.1, 0.15) is 5.75 Å². The predicted molar refractivity (Wildman–Crippen MR) is 41.0 cm³/mol. The van der Waals surface area contributed by atoms with Crippen molar-refractivity contribution in [1.82, 2.24) is 0 Å². The van der Waals surface area contributed by atoms with E-state index in [0.717, 1.165) is 0 Å². The summed E-state index contributed by atoms with van der Waals surface area (Å²) in [4.78, 5) is 0. The summed E-state index contributed by atoms with van der Waals surface area (Å²) < 4.78 is 24.3. The largest absolute Gasteiger partial charge is 0.507 e. The van der Waals surface area contributed by atoms with Crippen LogP contribution >= 0.6 is 0 Å². The van der Waals surface area contributed by atoms with E-state index in [1.165, 1.54) is 18.2 Å². The molecule has 1 aromatic rings. The van der Waals surface area contributed by atoms with Gasteiger partial charge >= 0.3 is 0 Å². The summed E-state index contributed by atoms with van der Waals surface area (Å²) in [5.74, 6) is -0.394. The zero-order valence-corrected chi connectivity index (χ0v) is 6.30. The summed E-state index contributed by atoms with van der Waals surface area (Å²) in [6.45, 7) is 0.0619. The maximum atomic E-state index is 12.1. The van der Waals surface area contributed by atoms with Crippen molar-refractivity contribution in [2.75, 3.05) is 0 Å². The van der Waals surface area contributed by atoms with Crippen LogP contribution < -0.4 is 5.73 Å². The predicted octanol–water partition coefficient (Wildman–Crippen LogP) is 1.79. The normalized spacial score (nSPS) is 10.7. The smallest absolute Gasteiger partial charge is 0.267 e. The summed E-state index contributed by atoms with van der Waals surface area (Å²) in [6.07, 6.45) is -2.66. The monoisotopic (exact) mass is 173 g/mol. The Labute approximate surface area is 68.6 Å². The Morgan fingerprint density at radius 3 is 2.58 bits per heavy atom. The minimum atomic E-state index is -2.66. The number of phenols is 1. The topological polar surface area (TPSA) is 46.2 Å². The average Bonchev–Trinajstić information content (AvgIpc) is 2.04. The Hall–Kier alpha value is -1.16. The molecule has 3 N–H and O–H groups in total. The highest BCUT2D eigenvalue weighted by molar-refractivity contribution is 5.40. The summed E-state index contributed by atoms with van der Waals surface area (Å²) in [6, 6.07) is 4.14. The highest BCUT2D eigenvalue weighted by Gasteiger charge is 2.13. The molecule has 0 aliphatic rings. The van der Waals surface area contributed by atoms with E-state index in [9.17, 15) is 13.9 Å². The number of phenolic OH excluding ortho intramolecular Hbond substituents is 1. The van der Waals surface area contributed by atoms with Gasteiger partial charge in [0.2, 0.25) is 0 Å². The molecular weight excluding hydrogens is 164 g/mol. The van der Waals surface area contributed by atoms with Crippen LogP contribution in [0.2, 0.25) is 0 Å². The summed E-state index contributed by atoms with van der Waals surface area (Å²) >= 11 is 0. The molecule has 66 valence electrons. The van der Waals surface area contributed by atoms with E-state index in [1.54, 1.807) is 0 Å². The first-order valence-corrected chi connectivity index (χ1v) is 3.45. The molecule has 0 amide bonds.